The van der Waals surface area contributed by atoms with Crippen molar-refractivity contribution < 1.29 is 9.53 Å². The number of aromatic nitrogens is 3. The molecule has 7 heteroatoms. The second kappa shape index (κ2) is 8.56. The summed E-state index contributed by atoms with van der Waals surface area (Å²) in [5, 5.41) is 0. The van der Waals surface area contributed by atoms with Crippen molar-refractivity contribution in [3.63, 3.8) is 0 Å². The number of Topliss-reactive ketones (excluding diaryl/α,β-unsaturated/α-hetero) is 1. The van der Waals surface area contributed by atoms with Gasteiger partial charge in [0.25, 0.3) is 5.56 Å². The number of rotatable bonds is 5. The summed E-state index contributed by atoms with van der Waals surface area (Å²) in [6.07, 6.45) is 0.227. The fourth-order valence-corrected chi connectivity index (χ4v) is 4.90. The van der Waals surface area contributed by atoms with Crippen LogP contribution in [0.3, 0.4) is 0 Å². The number of morpholine rings is 1. The molecule has 0 spiro atoms. The molecule has 3 heterocycles. The average Bonchev–Trinajstić information content (AvgIpc) is 3.13. The van der Waals surface area contributed by atoms with E-state index in [2.05, 4.69) is 4.90 Å². The van der Waals surface area contributed by atoms with Crippen LogP contribution < -0.4 is 5.56 Å². The molecule has 1 fully saturated rings. The van der Waals surface area contributed by atoms with Crippen molar-refractivity contribution in [1.82, 2.24) is 18.8 Å². The third-order valence-corrected chi connectivity index (χ3v) is 6.34. The van der Waals surface area contributed by atoms with Gasteiger partial charge in [0.05, 0.1) is 30.1 Å². The molecular formula is C25H32N4O3. The van der Waals surface area contributed by atoms with Crippen LogP contribution in [-0.2, 0) is 11.8 Å². The van der Waals surface area contributed by atoms with Gasteiger partial charge >= 0.3 is 0 Å². The number of benzene rings is 1. The van der Waals surface area contributed by atoms with Crippen LogP contribution >= 0.6 is 0 Å². The SMILES string of the molecule is Cc1cc(C(=O)CN2C[C@@H](C)O[C@@H](C)C2)c(C)n1-c1c(C)n(C)n(-c2ccccc2)c1=O. The number of carbonyl (C=O) groups is 1. The number of nitrogens with zero attached hydrogens (tertiary/aromatic N) is 4. The molecule has 32 heavy (non-hydrogen) atoms. The van der Waals surface area contributed by atoms with Crippen molar-refractivity contribution >= 4 is 5.78 Å². The highest BCUT2D eigenvalue weighted by Gasteiger charge is 2.27. The predicted molar refractivity (Wildman–Crippen MR) is 125 cm³/mol. The lowest BCUT2D eigenvalue weighted by molar-refractivity contribution is -0.0652. The van der Waals surface area contributed by atoms with Crippen molar-refractivity contribution in [2.75, 3.05) is 19.6 Å². The number of para-hydroxylation sites is 1. The highest BCUT2D eigenvalue weighted by atomic mass is 16.5. The summed E-state index contributed by atoms with van der Waals surface area (Å²) in [4.78, 5) is 28.9. The molecule has 1 aromatic carbocycles. The fraction of sp³-hybridized carbons (Fsp3) is 0.440. The van der Waals surface area contributed by atoms with Gasteiger partial charge in [-0.15, -0.1) is 0 Å². The topological polar surface area (TPSA) is 61.4 Å². The molecule has 0 bridgehead atoms. The molecule has 7 nitrogen and oxygen atoms in total. The molecule has 0 radical (unpaired) electrons. The molecule has 0 saturated carbocycles. The van der Waals surface area contributed by atoms with Gasteiger partial charge in [0.15, 0.2) is 5.78 Å². The van der Waals surface area contributed by atoms with Gasteiger partial charge in [-0.25, -0.2) is 4.68 Å². The Morgan fingerprint density at radius 3 is 2.28 bits per heavy atom. The summed E-state index contributed by atoms with van der Waals surface area (Å²) < 4.78 is 11.2. The van der Waals surface area contributed by atoms with Crippen LogP contribution in [0.2, 0.25) is 0 Å². The van der Waals surface area contributed by atoms with E-state index in [1.54, 1.807) is 4.68 Å². The van der Waals surface area contributed by atoms with E-state index < -0.39 is 0 Å². The molecule has 0 amide bonds. The number of ether oxygens (including phenoxy) is 1. The van der Waals surface area contributed by atoms with E-state index in [0.717, 1.165) is 35.9 Å². The molecule has 2 atom stereocenters. The van der Waals surface area contributed by atoms with Crippen LogP contribution in [0.4, 0.5) is 0 Å². The van der Waals surface area contributed by atoms with E-state index in [1.165, 1.54) is 0 Å². The summed E-state index contributed by atoms with van der Waals surface area (Å²) in [7, 11) is 1.88. The number of hydrogen-bond donors (Lipinski definition) is 0. The van der Waals surface area contributed by atoms with Crippen molar-refractivity contribution in [3.05, 3.63) is 69.4 Å². The molecule has 0 N–H and O–H groups in total. The minimum absolute atomic E-state index is 0.0719. The molecule has 170 valence electrons. The molecular weight excluding hydrogens is 404 g/mol. The quantitative estimate of drug-likeness (QED) is 0.577. The van der Waals surface area contributed by atoms with Gasteiger partial charge in [-0.2, -0.15) is 0 Å². The third kappa shape index (κ3) is 3.87. The van der Waals surface area contributed by atoms with E-state index in [-0.39, 0.29) is 23.6 Å². The lowest BCUT2D eigenvalue weighted by Crippen LogP contribution is -2.47. The maximum Gasteiger partial charge on any atom is 0.295 e. The molecule has 2 aromatic heterocycles. The molecule has 1 aliphatic heterocycles. The van der Waals surface area contributed by atoms with Gasteiger partial charge in [0, 0.05) is 37.1 Å². The summed E-state index contributed by atoms with van der Waals surface area (Å²) in [6.45, 7) is 11.7. The first kappa shape index (κ1) is 22.3. The van der Waals surface area contributed by atoms with E-state index in [0.29, 0.717) is 17.8 Å². The largest absolute Gasteiger partial charge is 0.373 e. The van der Waals surface area contributed by atoms with Gasteiger partial charge in [0.2, 0.25) is 0 Å². The molecule has 0 aliphatic carbocycles. The van der Waals surface area contributed by atoms with Crippen molar-refractivity contribution in [3.8, 4) is 11.4 Å². The summed E-state index contributed by atoms with van der Waals surface area (Å²) in [5.41, 5.74) is 4.47. The Balaban J connectivity index is 1.72. The van der Waals surface area contributed by atoms with E-state index in [9.17, 15) is 9.59 Å². The zero-order chi connectivity index (χ0) is 23.2. The number of ketones is 1. The number of carbonyl (C=O) groups excluding carboxylic acids is 1. The van der Waals surface area contributed by atoms with Gasteiger partial charge in [-0.3, -0.25) is 19.2 Å². The van der Waals surface area contributed by atoms with Gasteiger partial charge in [-0.1, -0.05) is 18.2 Å². The van der Waals surface area contributed by atoms with Crippen LogP contribution in [0.1, 0.15) is 41.3 Å². The first-order valence-electron chi connectivity index (χ1n) is 11.1. The molecule has 4 rings (SSSR count). The Morgan fingerprint density at radius 1 is 1.03 bits per heavy atom. The van der Waals surface area contributed by atoms with Crippen LogP contribution in [0.5, 0.6) is 0 Å². The summed E-state index contributed by atoms with van der Waals surface area (Å²) in [5.74, 6) is 0.0719. The standard InChI is InChI=1S/C25H32N4O3/c1-16-12-22(23(30)15-27-13-17(2)32-18(3)14-27)19(4)28(16)24-20(5)26(6)29(25(24)31)21-10-8-7-9-11-21/h7-12,17-18H,13-15H2,1-6H3/t17-,18+. The second-order valence-electron chi connectivity index (χ2n) is 8.90. The fourth-order valence-electron chi connectivity index (χ4n) is 4.90. The highest BCUT2D eigenvalue weighted by Crippen LogP contribution is 2.23. The van der Waals surface area contributed by atoms with Crippen LogP contribution in [0.15, 0.2) is 41.2 Å². The minimum atomic E-state index is -0.104. The van der Waals surface area contributed by atoms with Gasteiger partial charge in [0.1, 0.15) is 5.69 Å². The first-order chi connectivity index (χ1) is 15.2. The maximum atomic E-state index is 13.5. The zero-order valence-electron chi connectivity index (χ0n) is 19.8. The molecule has 1 aliphatic rings. The van der Waals surface area contributed by atoms with E-state index >= 15 is 0 Å². The summed E-state index contributed by atoms with van der Waals surface area (Å²) >= 11 is 0. The lowest BCUT2D eigenvalue weighted by atomic mass is 10.1. The normalized spacial score (nSPS) is 19.4. The maximum absolute atomic E-state index is 13.5. The number of aryl methyl sites for hydroxylation is 1. The Kier molecular flexibility index (Phi) is 5.97. The van der Waals surface area contributed by atoms with E-state index in [4.69, 9.17) is 4.74 Å². The summed E-state index contributed by atoms with van der Waals surface area (Å²) in [6, 6.07) is 11.5. The van der Waals surface area contributed by atoms with E-state index in [1.807, 2.05) is 87.3 Å². The van der Waals surface area contributed by atoms with Gasteiger partial charge < -0.3 is 9.30 Å². The zero-order valence-corrected chi connectivity index (χ0v) is 19.8. The molecule has 1 saturated heterocycles. The Morgan fingerprint density at radius 2 is 1.66 bits per heavy atom. The Labute approximate surface area is 188 Å². The van der Waals surface area contributed by atoms with Crippen molar-refractivity contribution in [1.29, 1.82) is 0 Å². The Hall–Kier alpha value is -2.90. The third-order valence-electron chi connectivity index (χ3n) is 6.34. The number of hydrogen-bond acceptors (Lipinski definition) is 4. The predicted octanol–water partition coefficient (Wildman–Crippen LogP) is 3.18. The second-order valence-corrected chi connectivity index (χ2v) is 8.90. The average molecular weight is 437 g/mol. The van der Waals surface area contributed by atoms with Crippen LogP contribution in [0.25, 0.3) is 11.4 Å². The van der Waals surface area contributed by atoms with Crippen LogP contribution in [0, 0.1) is 20.8 Å². The lowest BCUT2D eigenvalue weighted by Gasteiger charge is -2.34. The molecule has 0 unspecified atom stereocenters. The van der Waals surface area contributed by atoms with Crippen LogP contribution in [-0.4, -0.2) is 56.5 Å². The first-order valence-corrected chi connectivity index (χ1v) is 11.1. The minimum Gasteiger partial charge on any atom is -0.373 e. The monoisotopic (exact) mass is 436 g/mol. The van der Waals surface area contributed by atoms with Crippen molar-refractivity contribution in [2.45, 2.75) is 46.8 Å². The van der Waals surface area contributed by atoms with Crippen molar-refractivity contribution in [2.24, 2.45) is 7.05 Å². The highest BCUT2D eigenvalue weighted by molar-refractivity contribution is 5.99. The Bertz CT molecular complexity index is 1190. The van der Waals surface area contributed by atoms with Gasteiger partial charge in [-0.05, 0) is 52.8 Å². The smallest absolute Gasteiger partial charge is 0.295 e. The molecule has 3 aromatic rings.